The highest BCUT2D eigenvalue weighted by Gasteiger charge is 2.10. The van der Waals surface area contributed by atoms with Crippen molar-refractivity contribution < 1.29 is 16.8 Å². The lowest BCUT2D eigenvalue weighted by Gasteiger charge is -2.09. The Morgan fingerprint density at radius 1 is 1.11 bits per heavy atom. The third-order valence-electron chi connectivity index (χ3n) is 1.94. The molecule has 0 aliphatic carbocycles. The maximum atomic E-state index is 11.6. The van der Waals surface area contributed by atoms with Crippen molar-refractivity contribution in [2.45, 2.75) is 6.42 Å². The molecule has 1 aromatic carbocycles. The van der Waals surface area contributed by atoms with Crippen LogP contribution in [-0.2, 0) is 20.2 Å². The lowest BCUT2D eigenvalue weighted by atomic mass is 10.3. The maximum absolute atomic E-state index is 11.6. The van der Waals surface area contributed by atoms with E-state index in [2.05, 4.69) is 4.72 Å². The first-order valence-electron chi connectivity index (χ1n) is 5.19. The van der Waals surface area contributed by atoms with Gasteiger partial charge in [0.25, 0.3) is 10.2 Å². The Morgan fingerprint density at radius 3 is 2.21 bits per heavy atom. The van der Waals surface area contributed by atoms with Crippen molar-refractivity contribution in [1.82, 2.24) is 0 Å². The molecule has 4 N–H and O–H groups in total. The summed E-state index contributed by atoms with van der Waals surface area (Å²) in [6, 6.07) is 5.75. The van der Waals surface area contributed by atoms with Crippen molar-refractivity contribution in [2.24, 2.45) is 5.14 Å². The molecule has 7 nitrogen and oxygen atoms in total. The average molecular weight is 328 g/mol. The van der Waals surface area contributed by atoms with E-state index in [0.29, 0.717) is 6.42 Å². The van der Waals surface area contributed by atoms with Crippen LogP contribution in [-0.4, -0.2) is 28.5 Å². The summed E-state index contributed by atoms with van der Waals surface area (Å²) in [6.07, 6.45) is 0.325. The molecule has 0 atom stereocenters. The monoisotopic (exact) mass is 327 g/mol. The fraction of sp³-hybridized carbons (Fsp3) is 0.333. The predicted octanol–water partition coefficient (Wildman–Crippen LogP) is 0.673. The first-order chi connectivity index (χ1) is 8.72. The summed E-state index contributed by atoms with van der Waals surface area (Å²) in [5.74, 6) is 0.136. The van der Waals surface area contributed by atoms with Crippen LogP contribution < -0.4 is 14.6 Å². The molecule has 0 fully saturated rings. The Balaban J connectivity index is 2.83. The van der Waals surface area contributed by atoms with Crippen molar-refractivity contribution in [2.75, 3.05) is 21.1 Å². The molecule has 0 unspecified atom stereocenters. The average Bonchev–Trinajstić information content (AvgIpc) is 2.24. The maximum Gasteiger partial charge on any atom is 0.296 e. The largest absolute Gasteiger partial charge is 0.296 e. The number of rotatable bonds is 7. The smallest absolute Gasteiger partial charge is 0.283 e. The summed E-state index contributed by atoms with van der Waals surface area (Å²) < 4.78 is 49.3. The standard InChI is InChI=1S/C9H14ClN3O4S2/c10-5-2-6-18(14,15)12-8-3-1-4-9(7-8)13-19(11,16)17/h1,3-4,7,12-13H,2,5-6H2,(H2,11,16,17). The fourth-order valence-electron chi connectivity index (χ4n) is 1.29. The fourth-order valence-corrected chi connectivity index (χ4v) is 3.15. The molecule has 0 heterocycles. The van der Waals surface area contributed by atoms with Crippen LogP contribution in [0.3, 0.4) is 0 Å². The zero-order valence-electron chi connectivity index (χ0n) is 9.84. The van der Waals surface area contributed by atoms with Crippen LogP contribution in [0.4, 0.5) is 11.4 Å². The lowest BCUT2D eigenvalue weighted by Crippen LogP contribution is -2.22. The van der Waals surface area contributed by atoms with E-state index in [9.17, 15) is 16.8 Å². The normalized spacial score (nSPS) is 12.1. The van der Waals surface area contributed by atoms with E-state index < -0.39 is 20.2 Å². The Labute approximate surface area is 117 Å². The SMILES string of the molecule is NS(=O)(=O)Nc1cccc(NS(=O)(=O)CCCCl)c1. The summed E-state index contributed by atoms with van der Waals surface area (Å²) in [7, 11) is -7.40. The molecule has 1 aromatic rings. The molecule has 0 saturated carbocycles. The second-order valence-corrected chi connectivity index (χ2v) is 7.21. The second-order valence-electron chi connectivity index (χ2n) is 3.69. The zero-order valence-corrected chi connectivity index (χ0v) is 12.2. The minimum Gasteiger partial charge on any atom is -0.283 e. The predicted molar refractivity (Wildman–Crippen MR) is 75.9 cm³/mol. The van der Waals surface area contributed by atoms with Gasteiger partial charge in [0.2, 0.25) is 10.0 Å². The molecule has 10 heteroatoms. The number of nitrogens with two attached hydrogens (primary N) is 1. The highest BCUT2D eigenvalue weighted by Crippen LogP contribution is 2.17. The molecular weight excluding hydrogens is 314 g/mol. The molecule has 108 valence electrons. The number of hydrogen-bond donors (Lipinski definition) is 3. The molecule has 0 amide bonds. The van der Waals surface area contributed by atoms with Gasteiger partial charge in [-0.2, -0.15) is 8.42 Å². The molecule has 0 aromatic heterocycles. The third kappa shape index (κ3) is 6.62. The number of halogens is 1. The first kappa shape index (κ1) is 16.0. The first-order valence-corrected chi connectivity index (χ1v) is 8.92. The zero-order chi connectivity index (χ0) is 14.5. The van der Waals surface area contributed by atoms with E-state index in [1.165, 1.54) is 24.3 Å². The molecule has 0 saturated heterocycles. The van der Waals surface area contributed by atoms with Gasteiger partial charge in [-0.05, 0) is 24.6 Å². The van der Waals surface area contributed by atoms with E-state index in [4.69, 9.17) is 16.7 Å². The summed E-state index contributed by atoms with van der Waals surface area (Å²) >= 11 is 5.43. The van der Waals surface area contributed by atoms with Gasteiger partial charge in [-0.3, -0.25) is 9.44 Å². The number of nitrogens with one attached hydrogen (secondary N) is 2. The molecular formula is C9H14ClN3O4S2. The second kappa shape index (κ2) is 6.42. The number of sulfonamides is 1. The highest BCUT2D eigenvalue weighted by molar-refractivity contribution is 7.92. The van der Waals surface area contributed by atoms with E-state index in [0.717, 1.165) is 0 Å². The Morgan fingerprint density at radius 2 is 1.68 bits per heavy atom. The van der Waals surface area contributed by atoms with E-state index >= 15 is 0 Å². The van der Waals surface area contributed by atoms with Crippen molar-refractivity contribution in [3.63, 3.8) is 0 Å². The summed E-state index contributed by atoms with van der Waals surface area (Å²) in [5.41, 5.74) is 0.406. The van der Waals surface area contributed by atoms with E-state index in [-0.39, 0.29) is 23.0 Å². The van der Waals surface area contributed by atoms with Crippen LogP contribution in [0.2, 0.25) is 0 Å². The summed E-state index contributed by atoms with van der Waals surface area (Å²) in [4.78, 5) is 0. The minimum atomic E-state index is -3.90. The molecule has 1 rings (SSSR count). The van der Waals surface area contributed by atoms with Crippen LogP contribution in [0.5, 0.6) is 0 Å². The Kier molecular flexibility index (Phi) is 5.41. The Bertz CT molecular complexity index is 631. The summed E-state index contributed by atoms with van der Waals surface area (Å²) in [6.45, 7) is 0. The molecule has 19 heavy (non-hydrogen) atoms. The quantitative estimate of drug-likeness (QED) is 0.638. The van der Waals surface area contributed by atoms with Crippen molar-refractivity contribution in [1.29, 1.82) is 0 Å². The number of anilines is 2. The number of alkyl halides is 1. The van der Waals surface area contributed by atoms with Gasteiger partial charge < -0.3 is 0 Å². The van der Waals surface area contributed by atoms with Crippen LogP contribution in [0.25, 0.3) is 0 Å². The lowest BCUT2D eigenvalue weighted by molar-refractivity contribution is 0.599. The van der Waals surface area contributed by atoms with E-state index in [1.807, 2.05) is 4.72 Å². The van der Waals surface area contributed by atoms with Crippen LogP contribution >= 0.6 is 11.6 Å². The Hall–Kier alpha value is -1.03. The van der Waals surface area contributed by atoms with E-state index in [1.54, 1.807) is 0 Å². The summed E-state index contributed by atoms with van der Waals surface area (Å²) in [5, 5.41) is 4.82. The van der Waals surface area contributed by atoms with Gasteiger partial charge in [0, 0.05) is 5.88 Å². The van der Waals surface area contributed by atoms with Crippen LogP contribution in [0.15, 0.2) is 24.3 Å². The minimum absolute atomic E-state index is 0.108. The van der Waals surface area contributed by atoms with Crippen LogP contribution in [0.1, 0.15) is 6.42 Å². The van der Waals surface area contributed by atoms with Gasteiger partial charge in [0.15, 0.2) is 0 Å². The van der Waals surface area contributed by atoms with Gasteiger partial charge in [-0.25, -0.2) is 13.6 Å². The topological polar surface area (TPSA) is 118 Å². The van der Waals surface area contributed by atoms with Crippen molar-refractivity contribution >= 4 is 43.2 Å². The van der Waals surface area contributed by atoms with Gasteiger partial charge in [0.1, 0.15) is 0 Å². The highest BCUT2D eigenvalue weighted by atomic mass is 35.5. The molecule has 0 bridgehead atoms. The number of hydrogen-bond acceptors (Lipinski definition) is 4. The van der Waals surface area contributed by atoms with Gasteiger partial charge in [-0.1, -0.05) is 6.07 Å². The number of benzene rings is 1. The van der Waals surface area contributed by atoms with Gasteiger partial charge in [-0.15, -0.1) is 11.6 Å². The van der Waals surface area contributed by atoms with Gasteiger partial charge >= 0.3 is 0 Å². The van der Waals surface area contributed by atoms with Crippen molar-refractivity contribution in [3.05, 3.63) is 24.3 Å². The molecule has 0 radical (unpaired) electrons. The molecule has 0 aliphatic rings. The molecule has 0 aliphatic heterocycles. The van der Waals surface area contributed by atoms with Gasteiger partial charge in [0.05, 0.1) is 17.1 Å². The third-order valence-corrected chi connectivity index (χ3v) is 4.10. The van der Waals surface area contributed by atoms with Crippen LogP contribution in [0, 0.1) is 0 Å². The van der Waals surface area contributed by atoms with Crippen molar-refractivity contribution in [3.8, 4) is 0 Å². The molecule has 0 spiro atoms.